The van der Waals surface area contributed by atoms with Gasteiger partial charge in [0.05, 0.1) is 11.4 Å². The van der Waals surface area contributed by atoms with Crippen molar-refractivity contribution in [2.24, 2.45) is 0 Å². The second-order valence-corrected chi connectivity index (χ2v) is 7.10. The molecule has 0 atom stereocenters. The number of aryl methyl sites for hydroxylation is 1. The van der Waals surface area contributed by atoms with Gasteiger partial charge in [0.1, 0.15) is 12.0 Å². The van der Waals surface area contributed by atoms with Crippen molar-refractivity contribution in [3.05, 3.63) is 95.8 Å². The number of nitrogens with zero attached hydrogens (tertiary/aromatic N) is 3. The van der Waals surface area contributed by atoms with Crippen molar-refractivity contribution in [2.75, 3.05) is 21.5 Å². The third-order valence-electron chi connectivity index (χ3n) is 4.56. The predicted molar refractivity (Wildman–Crippen MR) is 125 cm³/mol. The lowest BCUT2D eigenvalue weighted by atomic mass is 10.2. The molecule has 150 valence electrons. The zero-order chi connectivity index (χ0) is 20.9. The van der Waals surface area contributed by atoms with Crippen molar-refractivity contribution in [1.82, 2.24) is 9.97 Å². The van der Waals surface area contributed by atoms with Gasteiger partial charge >= 0.3 is 0 Å². The summed E-state index contributed by atoms with van der Waals surface area (Å²) in [6.07, 6.45) is 1.46. The molecule has 0 saturated heterocycles. The topological polar surface area (TPSA) is 79.1 Å². The van der Waals surface area contributed by atoms with Crippen LogP contribution in [0.15, 0.2) is 85.2 Å². The number of halogens is 1. The van der Waals surface area contributed by atoms with E-state index in [0.717, 1.165) is 22.6 Å². The van der Waals surface area contributed by atoms with Crippen LogP contribution in [0.3, 0.4) is 0 Å². The van der Waals surface area contributed by atoms with Crippen LogP contribution < -0.4 is 21.5 Å². The van der Waals surface area contributed by atoms with Gasteiger partial charge in [0.25, 0.3) is 0 Å². The van der Waals surface area contributed by atoms with Crippen LogP contribution in [0.5, 0.6) is 0 Å². The Labute approximate surface area is 180 Å². The maximum atomic E-state index is 6.39. The summed E-state index contributed by atoms with van der Waals surface area (Å²) in [7, 11) is 0. The van der Waals surface area contributed by atoms with E-state index in [0.29, 0.717) is 22.3 Å². The fourth-order valence-corrected chi connectivity index (χ4v) is 3.11. The van der Waals surface area contributed by atoms with Crippen molar-refractivity contribution in [3.63, 3.8) is 0 Å². The van der Waals surface area contributed by atoms with Crippen molar-refractivity contribution in [3.8, 4) is 0 Å². The number of para-hydroxylation sites is 2. The van der Waals surface area contributed by atoms with E-state index in [4.69, 9.17) is 17.3 Å². The first-order valence-electron chi connectivity index (χ1n) is 9.42. The molecule has 0 unspecified atom stereocenters. The highest BCUT2D eigenvalue weighted by molar-refractivity contribution is 6.31. The van der Waals surface area contributed by atoms with E-state index < -0.39 is 0 Å². The molecule has 0 aliphatic rings. The molecule has 4 N–H and O–H groups in total. The van der Waals surface area contributed by atoms with Gasteiger partial charge in [-0.3, -0.25) is 10.4 Å². The standard InChI is InChI=1S/C23H21ClN6/c1-16-12-13-17(14-20(16)24)28-22-21(25)23(27-15-26-22)29-30(18-8-4-2-5-9-18)19-10-6-3-7-11-19/h2-15H,25H2,1H3,(H2,26,27,28,29). The van der Waals surface area contributed by atoms with Crippen LogP contribution in [0, 0.1) is 6.92 Å². The summed E-state index contributed by atoms with van der Waals surface area (Å²) in [5.74, 6) is 0.979. The highest BCUT2D eigenvalue weighted by Gasteiger charge is 2.14. The quantitative estimate of drug-likeness (QED) is 0.338. The van der Waals surface area contributed by atoms with Gasteiger partial charge in [-0.25, -0.2) is 9.97 Å². The van der Waals surface area contributed by atoms with E-state index in [1.54, 1.807) is 0 Å². The zero-order valence-corrected chi connectivity index (χ0v) is 17.1. The Morgan fingerprint density at radius 2 is 1.43 bits per heavy atom. The number of hydrogen-bond acceptors (Lipinski definition) is 6. The van der Waals surface area contributed by atoms with Crippen molar-refractivity contribution >= 4 is 46.0 Å². The molecule has 4 rings (SSSR count). The van der Waals surface area contributed by atoms with Gasteiger partial charge < -0.3 is 11.1 Å². The number of nitrogen functional groups attached to an aromatic ring is 1. The normalized spacial score (nSPS) is 10.5. The molecule has 7 heteroatoms. The molecule has 0 bridgehead atoms. The molecule has 0 aliphatic carbocycles. The van der Waals surface area contributed by atoms with Crippen LogP contribution >= 0.6 is 11.6 Å². The Bertz CT molecular complexity index is 1100. The third kappa shape index (κ3) is 4.29. The van der Waals surface area contributed by atoms with Crippen LogP contribution in [0.25, 0.3) is 0 Å². The van der Waals surface area contributed by atoms with E-state index in [2.05, 4.69) is 20.7 Å². The first kappa shape index (κ1) is 19.5. The highest BCUT2D eigenvalue weighted by atomic mass is 35.5. The number of hydrazine groups is 1. The van der Waals surface area contributed by atoms with Gasteiger partial charge in [-0.2, -0.15) is 0 Å². The first-order valence-corrected chi connectivity index (χ1v) is 9.80. The van der Waals surface area contributed by atoms with E-state index in [1.807, 2.05) is 90.8 Å². The fraction of sp³-hybridized carbons (Fsp3) is 0.0435. The van der Waals surface area contributed by atoms with Crippen LogP contribution in [-0.4, -0.2) is 9.97 Å². The minimum atomic E-state index is 0.394. The second-order valence-electron chi connectivity index (χ2n) is 6.69. The number of benzene rings is 3. The monoisotopic (exact) mass is 416 g/mol. The van der Waals surface area contributed by atoms with Crippen LogP contribution in [0.1, 0.15) is 5.56 Å². The summed E-state index contributed by atoms with van der Waals surface area (Å²) < 4.78 is 0. The molecule has 0 saturated carbocycles. The van der Waals surface area contributed by atoms with Crippen molar-refractivity contribution < 1.29 is 0 Å². The lowest BCUT2D eigenvalue weighted by Gasteiger charge is -2.26. The zero-order valence-electron chi connectivity index (χ0n) is 16.4. The first-order chi connectivity index (χ1) is 14.6. The number of anilines is 6. The number of nitrogens with one attached hydrogen (secondary N) is 2. The summed E-state index contributed by atoms with van der Waals surface area (Å²) in [5, 5.41) is 5.81. The maximum Gasteiger partial charge on any atom is 0.173 e. The lowest BCUT2D eigenvalue weighted by Crippen LogP contribution is -2.26. The molecule has 0 amide bonds. The predicted octanol–water partition coefficient (Wildman–Crippen LogP) is 5.93. The molecular weight excluding hydrogens is 396 g/mol. The van der Waals surface area contributed by atoms with Crippen LogP contribution in [-0.2, 0) is 0 Å². The number of nitrogens with two attached hydrogens (primary N) is 1. The Hall–Kier alpha value is -3.77. The van der Waals surface area contributed by atoms with E-state index >= 15 is 0 Å². The molecule has 1 aromatic heterocycles. The second kappa shape index (κ2) is 8.71. The number of aromatic nitrogens is 2. The summed E-state index contributed by atoms with van der Waals surface area (Å²) >= 11 is 6.23. The molecule has 0 fully saturated rings. The van der Waals surface area contributed by atoms with Gasteiger partial charge in [-0.1, -0.05) is 54.1 Å². The lowest BCUT2D eigenvalue weighted by molar-refractivity contribution is 1.09. The molecule has 0 radical (unpaired) electrons. The van der Waals surface area contributed by atoms with E-state index in [9.17, 15) is 0 Å². The summed E-state index contributed by atoms with van der Waals surface area (Å²) in [5.41, 5.74) is 13.8. The molecule has 6 nitrogen and oxygen atoms in total. The average Bonchev–Trinajstić information content (AvgIpc) is 2.78. The van der Waals surface area contributed by atoms with E-state index in [-0.39, 0.29) is 0 Å². The van der Waals surface area contributed by atoms with Crippen LogP contribution in [0.2, 0.25) is 5.02 Å². The Morgan fingerprint density at radius 3 is 2.03 bits per heavy atom. The van der Waals surface area contributed by atoms with Gasteiger partial charge in [-0.15, -0.1) is 0 Å². The minimum absolute atomic E-state index is 0.394. The smallest absolute Gasteiger partial charge is 0.173 e. The summed E-state index contributed by atoms with van der Waals surface area (Å²) in [6.45, 7) is 1.95. The number of rotatable bonds is 6. The maximum absolute atomic E-state index is 6.39. The van der Waals surface area contributed by atoms with Crippen molar-refractivity contribution in [2.45, 2.75) is 6.92 Å². The third-order valence-corrected chi connectivity index (χ3v) is 4.97. The Balaban J connectivity index is 1.66. The molecule has 4 aromatic rings. The molecular formula is C23H21ClN6. The van der Waals surface area contributed by atoms with Gasteiger partial charge in [0.15, 0.2) is 11.6 Å². The van der Waals surface area contributed by atoms with E-state index in [1.165, 1.54) is 6.33 Å². The fourth-order valence-electron chi connectivity index (χ4n) is 2.93. The molecule has 1 heterocycles. The largest absolute Gasteiger partial charge is 0.393 e. The minimum Gasteiger partial charge on any atom is -0.393 e. The van der Waals surface area contributed by atoms with Crippen molar-refractivity contribution in [1.29, 1.82) is 0 Å². The summed E-state index contributed by atoms with van der Waals surface area (Å²) in [4.78, 5) is 8.64. The molecule has 3 aromatic carbocycles. The molecule has 30 heavy (non-hydrogen) atoms. The Kier molecular flexibility index (Phi) is 5.68. The molecule has 0 aliphatic heterocycles. The molecule has 0 spiro atoms. The number of hydrogen-bond donors (Lipinski definition) is 3. The average molecular weight is 417 g/mol. The highest BCUT2D eigenvalue weighted by Crippen LogP contribution is 2.31. The Morgan fingerprint density at radius 1 is 0.833 bits per heavy atom. The van der Waals surface area contributed by atoms with Gasteiger partial charge in [0.2, 0.25) is 0 Å². The van der Waals surface area contributed by atoms with Gasteiger partial charge in [-0.05, 0) is 48.9 Å². The SMILES string of the molecule is Cc1ccc(Nc2ncnc(NN(c3ccccc3)c3ccccc3)c2N)cc1Cl. The van der Waals surface area contributed by atoms with Gasteiger partial charge in [0, 0.05) is 10.7 Å². The summed E-state index contributed by atoms with van der Waals surface area (Å²) in [6, 6.07) is 25.6. The van der Waals surface area contributed by atoms with Crippen LogP contribution in [0.4, 0.5) is 34.4 Å².